The molecule has 1 atom stereocenters. The number of carbonyl (C=O) groups excluding carboxylic acids is 1. The number of benzene rings is 2. The molecule has 2 aromatic carbocycles. The Hall–Kier alpha value is -4.46. The van der Waals surface area contributed by atoms with E-state index in [1.54, 1.807) is 22.9 Å². The predicted octanol–water partition coefficient (Wildman–Crippen LogP) is 3.67. The number of aromatic nitrogens is 4. The normalized spacial score (nSPS) is 12.2. The maximum absolute atomic E-state index is 13.8. The summed E-state index contributed by atoms with van der Waals surface area (Å²) in [4.78, 5) is 27.0. The first-order chi connectivity index (χ1) is 16.5. The van der Waals surface area contributed by atoms with Crippen LogP contribution < -0.4 is 16.6 Å². The molecule has 8 nitrogen and oxygen atoms in total. The molecule has 0 spiro atoms. The number of nitrogen functional groups attached to an aromatic ring is 1. The second-order valence-corrected chi connectivity index (χ2v) is 8.13. The molecule has 170 valence electrons. The summed E-state index contributed by atoms with van der Waals surface area (Å²) < 4.78 is 3.00. The third-order valence-electron chi connectivity index (χ3n) is 6.02. The van der Waals surface area contributed by atoms with Crippen molar-refractivity contribution in [3.63, 3.8) is 0 Å². The number of pyridine rings is 1. The molecule has 0 fully saturated rings. The Kier molecular flexibility index (Phi) is 5.33. The number of hydrogen-bond acceptors (Lipinski definition) is 5. The summed E-state index contributed by atoms with van der Waals surface area (Å²) in [5.41, 5.74) is 9.07. The van der Waals surface area contributed by atoms with Gasteiger partial charge >= 0.3 is 0 Å². The SMILES string of the molecule is CCc1cccc2cc([C@H](C)NC(=O)c3c(N)nn4ncccc34)n(-c3ccccc3)c(=O)c12. The zero-order chi connectivity index (χ0) is 23.8. The smallest absolute Gasteiger partial charge is 0.263 e. The second kappa shape index (κ2) is 8.47. The summed E-state index contributed by atoms with van der Waals surface area (Å²) in [6.45, 7) is 3.88. The Morgan fingerprint density at radius 1 is 1.09 bits per heavy atom. The standard InChI is InChI=1S/C26H24N6O2/c1-3-17-9-7-10-18-15-21(31(26(34)22(17)18)19-11-5-4-6-12-19)16(2)29-25(33)23-20-13-8-14-28-32(20)30-24(23)27/h4-16H,3H2,1-2H3,(H2,27,30)(H,29,33)/t16-/m0/s1. The van der Waals surface area contributed by atoms with Crippen molar-refractivity contribution in [3.8, 4) is 5.69 Å². The zero-order valence-electron chi connectivity index (χ0n) is 18.9. The maximum Gasteiger partial charge on any atom is 0.263 e. The number of carbonyl (C=O) groups is 1. The monoisotopic (exact) mass is 452 g/mol. The number of hydrogen-bond donors (Lipinski definition) is 2. The van der Waals surface area contributed by atoms with Gasteiger partial charge in [-0.25, -0.2) is 0 Å². The summed E-state index contributed by atoms with van der Waals surface area (Å²) in [5.74, 6) is -0.294. The van der Waals surface area contributed by atoms with Crippen LogP contribution in [-0.2, 0) is 6.42 Å². The van der Waals surface area contributed by atoms with Crippen LogP contribution in [0.3, 0.4) is 0 Å². The average molecular weight is 453 g/mol. The fourth-order valence-electron chi connectivity index (χ4n) is 4.40. The number of rotatable bonds is 5. The molecule has 0 aliphatic heterocycles. The van der Waals surface area contributed by atoms with Gasteiger partial charge in [0.2, 0.25) is 0 Å². The van der Waals surface area contributed by atoms with Crippen LogP contribution in [0, 0.1) is 0 Å². The number of fused-ring (bicyclic) bond motifs is 2. The van der Waals surface area contributed by atoms with Crippen molar-refractivity contribution >= 4 is 28.0 Å². The highest BCUT2D eigenvalue weighted by Gasteiger charge is 2.23. The minimum atomic E-state index is -0.499. The lowest BCUT2D eigenvalue weighted by atomic mass is 10.0. The van der Waals surface area contributed by atoms with Crippen LogP contribution in [0.25, 0.3) is 22.0 Å². The van der Waals surface area contributed by atoms with Crippen LogP contribution in [0.2, 0.25) is 0 Å². The first-order valence-corrected chi connectivity index (χ1v) is 11.1. The van der Waals surface area contributed by atoms with Crippen molar-refractivity contribution in [3.05, 3.63) is 100 Å². The van der Waals surface area contributed by atoms with E-state index in [1.165, 1.54) is 4.63 Å². The molecular formula is C26H24N6O2. The van der Waals surface area contributed by atoms with Crippen LogP contribution in [0.5, 0.6) is 0 Å². The minimum Gasteiger partial charge on any atom is -0.381 e. The first-order valence-electron chi connectivity index (χ1n) is 11.1. The van der Waals surface area contributed by atoms with Gasteiger partial charge in [0.1, 0.15) is 11.1 Å². The van der Waals surface area contributed by atoms with Crippen molar-refractivity contribution in [2.75, 3.05) is 5.73 Å². The fraction of sp³-hybridized carbons (Fsp3) is 0.154. The number of nitrogens with zero attached hydrogens (tertiary/aromatic N) is 4. The van der Waals surface area contributed by atoms with Crippen LogP contribution in [0.4, 0.5) is 5.82 Å². The highest BCUT2D eigenvalue weighted by molar-refractivity contribution is 6.05. The lowest BCUT2D eigenvalue weighted by Crippen LogP contribution is -2.32. The number of aryl methyl sites for hydroxylation is 1. The van der Waals surface area contributed by atoms with Crippen LogP contribution in [0.1, 0.15) is 41.5 Å². The highest BCUT2D eigenvalue weighted by atomic mass is 16.2. The van der Waals surface area contributed by atoms with Crippen LogP contribution >= 0.6 is 0 Å². The first kappa shape index (κ1) is 21.4. The van der Waals surface area contributed by atoms with Crippen molar-refractivity contribution in [2.24, 2.45) is 0 Å². The number of para-hydroxylation sites is 1. The van der Waals surface area contributed by atoms with E-state index in [0.717, 1.165) is 23.1 Å². The van der Waals surface area contributed by atoms with Crippen LogP contribution in [-0.4, -0.2) is 25.3 Å². The molecule has 0 saturated heterocycles. The van der Waals surface area contributed by atoms with Gasteiger partial charge in [0.25, 0.3) is 11.5 Å². The molecule has 3 aromatic heterocycles. The Morgan fingerprint density at radius 3 is 2.65 bits per heavy atom. The van der Waals surface area contributed by atoms with E-state index in [2.05, 4.69) is 15.5 Å². The van der Waals surface area contributed by atoms with Crippen LogP contribution in [0.15, 0.2) is 77.7 Å². The lowest BCUT2D eigenvalue weighted by molar-refractivity contribution is 0.0941. The molecule has 3 N–H and O–H groups in total. The quantitative estimate of drug-likeness (QED) is 0.423. The van der Waals surface area contributed by atoms with E-state index in [0.29, 0.717) is 16.6 Å². The van der Waals surface area contributed by atoms with Gasteiger partial charge in [-0.3, -0.25) is 14.2 Å². The van der Waals surface area contributed by atoms with Gasteiger partial charge in [-0.1, -0.05) is 43.3 Å². The zero-order valence-corrected chi connectivity index (χ0v) is 18.9. The van der Waals surface area contributed by atoms with Gasteiger partial charge in [-0.05, 0) is 54.6 Å². The van der Waals surface area contributed by atoms with E-state index in [1.807, 2.05) is 68.4 Å². The molecule has 0 unspecified atom stereocenters. The van der Waals surface area contributed by atoms with Gasteiger partial charge in [0, 0.05) is 17.6 Å². The number of nitrogens with two attached hydrogens (primary N) is 1. The Morgan fingerprint density at radius 2 is 1.88 bits per heavy atom. The van der Waals surface area contributed by atoms with E-state index in [4.69, 9.17) is 5.73 Å². The summed E-state index contributed by atoms with van der Waals surface area (Å²) in [7, 11) is 0. The van der Waals surface area contributed by atoms with E-state index >= 15 is 0 Å². The summed E-state index contributed by atoms with van der Waals surface area (Å²) in [6, 6.07) is 20.2. The second-order valence-electron chi connectivity index (χ2n) is 8.13. The molecule has 3 heterocycles. The number of anilines is 1. The molecular weight excluding hydrogens is 428 g/mol. The van der Waals surface area contributed by atoms with Gasteiger partial charge in [0.15, 0.2) is 5.82 Å². The Bertz CT molecular complexity index is 1590. The van der Waals surface area contributed by atoms with Gasteiger partial charge in [-0.15, -0.1) is 9.73 Å². The Labute approximate surface area is 195 Å². The molecule has 0 aliphatic rings. The topological polar surface area (TPSA) is 107 Å². The molecule has 0 radical (unpaired) electrons. The molecule has 5 aromatic rings. The third-order valence-corrected chi connectivity index (χ3v) is 6.02. The molecule has 0 aliphatic carbocycles. The van der Waals surface area contributed by atoms with Crippen molar-refractivity contribution in [1.82, 2.24) is 24.7 Å². The fourth-order valence-corrected chi connectivity index (χ4v) is 4.40. The van der Waals surface area contributed by atoms with Gasteiger partial charge < -0.3 is 11.1 Å². The van der Waals surface area contributed by atoms with E-state index in [-0.39, 0.29) is 22.8 Å². The minimum absolute atomic E-state index is 0.0925. The molecule has 8 heteroatoms. The molecule has 0 saturated carbocycles. The highest BCUT2D eigenvalue weighted by Crippen LogP contribution is 2.25. The summed E-state index contributed by atoms with van der Waals surface area (Å²) in [5, 5.41) is 12.8. The molecule has 34 heavy (non-hydrogen) atoms. The summed E-state index contributed by atoms with van der Waals surface area (Å²) in [6.07, 6.45) is 2.32. The predicted molar refractivity (Wildman–Crippen MR) is 132 cm³/mol. The van der Waals surface area contributed by atoms with Crippen molar-refractivity contribution in [2.45, 2.75) is 26.3 Å². The van der Waals surface area contributed by atoms with Crippen molar-refractivity contribution in [1.29, 1.82) is 0 Å². The Balaban J connectivity index is 1.64. The molecule has 0 bridgehead atoms. The largest absolute Gasteiger partial charge is 0.381 e. The molecule has 1 amide bonds. The lowest BCUT2D eigenvalue weighted by Gasteiger charge is -2.21. The molecule has 5 rings (SSSR count). The van der Waals surface area contributed by atoms with Gasteiger partial charge in [-0.2, -0.15) is 5.10 Å². The average Bonchev–Trinajstić information content (AvgIpc) is 3.19. The van der Waals surface area contributed by atoms with E-state index in [9.17, 15) is 9.59 Å². The maximum atomic E-state index is 13.8. The van der Waals surface area contributed by atoms with Crippen molar-refractivity contribution < 1.29 is 4.79 Å². The number of nitrogens with one attached hydrogen (secondary N) is 1. The summed E-state index contributed by atoms with van der Waals surface area (Å²) >= 11 is 0. The number of amides is 1. The third kappa shape index (κ3) is 3.49. The van der Waals surface area contributed by atoms with Gasteiger partial charge in [0.05, 0.1) is 11.4 Å². The van der Waals surface area contributed by atoms with E-state index < -0.39 is 6.04 Å².